The van der Waals surface area contributed by atoms with Gasteiger partial charge in [0.2, 0.25) is 0 Å². The van der Waals surface area contributed by atoms with E-state index in [2.05, 4.69) is 185 Å². The third-order valence-electron chi connectivity index (χ3n) is 12.5. The first-order valence-electron chi connectivity index (χ1n) is 21.0. The van der Waals surface area contributed by atoms with Crippen LogP contribution in [0.4, 0.5) is 0 Å². The van der Waals surface area contributed by atoms with Gasteiger partial charge in [0.1, 0.15) is 0 Å². The topological polar surface area (TPSA) is 48.5 Å². The van der Waals surface area contributed by atoms with Crippen molar-refractivity contribution in [2.45, 2.75) is 0 Å². The zero-order chi connectivity index (χ0) is 40.7. The van der Waals surface area contributed by atoms with Crippen LogP contribution < -0.4 is 0 Å². The van der Waals surface area contributed by atoms with E-state index in [0.29, 0.717) is 17.5 Å². The van der Waals surface area contributed by atoms with E-state index in [4.69, 9.17) is 15.0 Å². The lowest BCUT2D eigenvalue weighted by Crippen LogP contribution is -2.01. The molecule has 0 bridgehead atoms. The third kappa shape index (κ3) is 5.18. The molecule has 0 N–H and O–H groups in total. The molecular formula is C57H35N5. The Hall–Kier alpha value is -8.41. The molecule has 13 rings (SSSR count). The lowest BCUT2D eigenvalue weighted by Gasteiger charge is -2.15. The summed E-state index contributed by atoms with van der Waals surface area (Å²) in [5, 5.41) is 12.0. The van der Waals surface area contributed by atoms with Crippen molar-refractivity contribution in [1.82, 2.24) is 24.1 Å². The molecule has 288 valence electrons. The van der Waals surface area contributed by atoms with Gasteiger partial charge in [0, 0.05) is 49.0 Å². The molecule has 0 aliphatic rings. The predicted octanol–water partition coefficient (Wildman–Crippen LogP) is 14.5. The molecule has 0 amide bonds. The van der Waals surface area contributed by atoms with Crippen LogP contribution in [0.1, 0.15) is 0 Å². The number of rotatable bonds is 5. The van der Waals surface area contributed by atoms with Gasteiger partial charge in [-0.3, -0.25) is 0 Å². The number of fused-ring (bicyclic) bond motifs is 10. The van der Waals surface area contributed by atoms with Crippen molar-refractivity contribution in [3.8, 4) is 45.5 Å². The summed E-state index contributed by atoms with van der Waals surface area (Å²) in [6.45, 7) is 0. The standard InChI is InChI=1S/C57H35N5/c1-3-18-38(19-4-1)55-58-56(39-20-5-2-6-21-39)60-57(59-55)45-28-14-27-43-42(45)26-15-31-50(43)61-49-29-12-11-25-44(49)46-34-47-53(35-52(46)61)62(48-30-13-22-36-16-7-9-23-40(36)48)51-33-32-37-17-8-10-24-41(37)54(47)51/h1-35H. The molecule has 0 spiro atoms. The smallest absolute Gasteiger partial charge is 0.164 e. The summed E-state index contributed by atoms with van der Waals surface area (Å²) in [6, 6.07) is 75.8. The van der Waals surface area contributed by atoms with Crippen molar-refractivity contribution in [3.05, 3.63) is 212 Å². The molecule has 0 fully saturated rings. The van der Waals surface area contributed by atoms with E-state index in [1.807, 2.05) is 36.4 Å². The van der Waals surface area contributed by atoms with Gasteiger partial charge in [-0.05, 0) is 57.9 Å². The molecule has 0 saturated carbocycles. The Kier molecular flexibility index (Phi) is 7.54. The Bertz CT molecular complexity index is 3860. The molecule has 10 aromatic carbocycles. The lowest BCUT2D eigenvalue weighted by atomic mass is 10.0. The van der Waals surface area contributed by atoms with E-state index >= 15 is 0 Å². The summed E-state index contributed by atoms with van der Waals surface area (Å²) in [4.78, 5) is 15.3. The maximum absolute atomic E-state index is 5.15. The van der Waals surface area contributed by atoms with E-state index in [0.717, 1.165) is 55.4 Å². The second-order valence-corrected chi connectivity index (χ2v) is 16.0. The Morgan fingerprint density at radius 1 is 0.274 bits per heavy atom. The minimum Gasteiger partial charge on any atom is -0.309 e. The molecule has 3 aromatic heterocycles. The Morgan fingerprint density at radius 3 is 1.55 bits per heavy atom. The maximum atomic E-state index is 5.15. The van der Waals surface area contributed by atoms with Crippen LogP contribution in [0.15, 0.2) is 212 Å². The van der Waals surface area contributed by atoms with Crippen LogP contribution in [0.2, 0.25) is 0 Å². The van der Waals surface area contributed by atoms with E-state index in [9.17, 15) is 0 Å². The van der Waals surface area contributed by atoms with Crippen LogP contribution in [-0.2, 0) is 0 Å². The van der Waals surface area contributed by atoms with Crippen molar-refractivity contribution in [2.75, 3.05) is 0 Å². The second kappa shape index (κ2) is 13.6. The number of para-hydroxylation sites is 1. The van der Waals surface area contributed by atoms with Crippen LogP contribution in [-0.4, -0.2) is 24.1 Å². The summed E-state index contributed by atoms with van der Waals surface area (Å²) in [7, 11) is 0. The van der Waals surface area contributed by atoms with E-state index in [1.54, 1.807) is 0 Å². The molecule has 0 atom stereocenters. The zero-order valence-electron chi connectivity index (χ0n) is 33.4. The molecule has 5 nitrogen and oxygen atoms in total. The van der Waals surface area contributed by atoms with Gasteiger partial charge in [0.25, 0.3) is 0 Å². The van der Waals surface area contributed by atoms with Gasteiger partial charge in [-0.1, -0.05) is 176 Å². The maximum Gasteiger partial charge on any atom is 0.164 e. The van der Waals surface area contributed by atoms with Crippen LogP contribution >= 0.6 is 0 Å². The van der Waals surface area contributed by atoms with Crippen molar-refractivity contribution in [3.63, 3.8) is 0 Å². The summed E-state index contributed by atoms with van der Waals surface area (Å²) >= 11 is 0. The van der Waals surface area contributed by atoms with Gasteiger partial charge in [0.05, 0.1) is 33.4 Å². The minimum absolute atomic E-state index is 0.635. The molecule has 0 radical (unpaired) electrons. The van der Waals surface area contributed by atoms with Crippen molar-refractivity contribution in [2.24, 2.45) is 0 Å². The fraction of sp³-hybridized carbons (Fsp3) is 0. The predicted molar refractivity (Wildman–Crippen MR) is 257 cm³/mol. The SMILES string of the molecule is c1ccc(-c2nc(-c3ccccc3)nc(-c3cccc4c(-n5c6ccccc6c6cc7c8c9ccccc9ccc8n(-c8cccc9ccccc89)c7cc65)cccc34)n2)cc1. The van der Waals surface area contributed by atoms with Gasteiger partial charge < -0.3 is 9.13 Å². The summed E-state index contributed by atoms with van der Waals surface area (Å²) in [5.74, 6) is 1.92. The van der Waals surface area contributed by atoms with Crippen molar-refractivity contribution >= 4 is 75.9 Å². The van der Waals surface area contributed by atoms with Crippen LogP contribution in [0.25, 0.3) is 121 Å². The van der Waals surface area contributed by atoms with Gasteiger partial charge in [0.15, 0.2) is 17.5 Å². The van der Waals surface area contributed by atoms with Crippen LogP contribution in [0.5, 0.6) is 0 Å². The molecule has 5 heteroatoms. The fourth-order valence-electron chi connectivity index (χ4n) is 9.78. The lowest BCUT2D eigenvalue weighted by molar-refractivity contribution is 1.08. The first-order valence-corrected chi connectivity index (χ1v) is 21.0. The Labute approximate surface area is 356 Å². The summed E-state index contributed by atoms with van der Waals surface area (Å²) in [6.07, 6.45) is 0. The highest BCUT2D eigenvalue weighted by atomic mass is 15.0. The Balaban J connectivity index is 1.11. The first-order chi connectivity index (χ1) is 30.8. The second-order valence-electron chi connectivity index (χ2n) is 16.0. The van der Waals surface area contributed by atoms with Gasteiger partial charge in [-0.2, -0.15) is 0 Å². The van der Waals surface area contributed by atoms with Gasteiger partial charge in [-0.25, -0.2) is 15.0 Å². The number of benzene rings is 10. The highest BCUT2D eigenvalue weighted by Gasteiger charge is 2.22. The largest absolute Gasteiger partial charge is 0.309 e. The fourth-order valence-corrected chi connectivity index (χ4v) is 9.78. The van der Waals surface area contributed by atoms with Crippen molar-refractivity contribution in [1.29, 1.82) is 0 Å². The quantitative estimate of drug-likeness (QED) is 0.174. The molecule has 62 heavy (non-hydrogen) atoms. The molecule has 0 unspecified atom stereocenters. The van der Waals surface area contributed by atoms with E-state index in [-0.39, 0.29) is 0 Å². The molecule has 0 aliphatic heterocycles. The molecular weight excluding hydrogens is 755 g/mol. The highest BCUT2D eigenvalue weighted by Crippen LogP contribution is 2.44. The number of nitrogens with zero attached hydrogens (tertiary/aromatic N) is 5. The van der Waals surface area contributed by atoms with Gasteiger partial charge in [-0.15, -0.1) is 0 Å². The average molecular weight is 790 g/mol. The molecule has 13 aromatic rings. The Morgan fingerprint density at radius 2 is 0.790 bits per heavy atom. The van der Waals surface area contributed by atoms with Gasteiger partial charge >= 0.3 is 0 Å². The zero-order valence-corrected chi connectivity index (χ0v) is 33.4. The van der Waals surface area contributed by atoms with Crippen LogP contribution in [0, 0.1) is 0 Å². The minimum atomic E-state index is 0.635. The first kappa shape index (κ1) is 34.5. The number of hydrogen-bond acceptors (Lipinski definition) is 3. The van der Waals surface area contributed by atoms with E-state index < -0.39 is 0 Å². The monoisotopic (exact) mass is 789 g/mol. The van der Waals surface area contributed by atoms with E-state index in [1.165, 1.54) is 48.6 Å². The molecule has 0 saturated heterocycles. The summed E-state index contributed by atoms with van der Waals surface area (Å²) < 4.78 is 4.94. The number of hydrogen-bond donors (Lipinski definition) is 0. The van der Waals surface area contributed by atoms with Crippen molar-refractivity contribution < 1.29 is 0 Å². The molecule has 0 aliphatic carbocycles. The summed E-state index contributed by atoms with van der Waals surface area (Å²) in [5.41, 5.74) is 9.74. The average Bonchev–Trinajstić information content (AvgIpc) is 3.85. The number of aromatic nitrogens is 5. The third-order valence-corrected chi connectivity index (χ3v) is 12.5. The van der Waals surface area contributed by atoms with Crippen LogP contribution in [0.3, 0.4) is 0 Å². The molecule has 3 heterocycles. The highest BCUT2D eigenvalue weighted by molar-refractivity contribution is 6.26. The normalized spacial score (nSPS) is 11.9.